The molecule has 0 aliphatic heterocycles. The number of nitrogens with zero attached hydrogens (tertiary/aromatic N) is 3. The number of allylic oxidation sites excluding steroid dienone is 1. The first-order chi connectivity index (χ1) is 10.2. The summed E-state index contributed by atoms with van der Waals surface area (Å²) in [6, 6.07) is 1.78. The van der Waals surface area contributed by atoms with Crippen LogP contribution < -0.4 is 9.98 Å². The van der Waals surface area contributed by atoms with E-state index in [1.165, 1.54) is 18.5 Å². The summed E-state index contributed by atoms with van der Waals surface area (Å²) in [5.74, 6) is 0.989. The van der Waals surface area contributed by atoms with Gasteiger partial charge >= 0.3 is 5.82 Å². The van der Waals surface area contributed by atoms with Crippen LogP contribution in [0.15, 0.2) is 55.0 Å². The molecule has 110 valence electrons. The zero-order valence-corrected chi connectivity index (χ0v) is 11.8. The molecule has 0 amide bonds. The van der Waals surface area contributed by atoms with Crippen LogP contribution >= 0.6 is 0 Å². The molecule has 0 aliphatic carbocycles. The van der Waals surface area contributed by atoms with Crippen LogP contribution in [0, 0.1) is 0 Å². The number of nitrogens with two attached hydrogens (primary N) is 1. The Morgan fingerprint density at radius 2 is 2.38 bits per heavy atom. The van der Waals surface area contributed by atoms with Crippen molar-refractivity contribution < 1.29 is 19.8 Å². The summed E-state index contributed by atoms with van der Waals surface area (Å²) < 4.78 is 7.15. The van der Waals surface area contributed by atoms with Crippen molar-refractivity contribution in [1.82, 2.24) is 4.98 Å². The normalized spacial score (nSPS) is 12.9. The summed E-state index contributed by atoms with van der Waals surface area (Å²) in [6.07, 6.45) is 10.2. The van der Waals surface area contributed by atoms with Gasteiger partial charge in [-0.05, 0) is 11.1 Å². The molecule has 21 heavy (non-hydrogen) atoms. The van der Waals surface area contributed by atoms with Gasteiger partial charge in [0.1, 0.15) is 25.5 Å². The minimum Gasteiger partial charge on any atom is -0.475 e. The fraction of sp³-hybridized carbons (Fsp3) is 0.200. The largest absolute Gasteiger partial charge is 0.475 e. The molecule has 1 aromatic heterocycles. The van der Waals surface area contributed by atoms with Gasteiger partial charge in [-0.1, -0.05) is 13.2 Å². The molecule has 0 aliphatic rings. The maximum Gasteiger partial charge on any atom is 0.322 e. The van der Waals surface area contributed by atoms with E-state index in [0.717, 1.165) is 0 Å². The van der Waals surface area contributed by atoms with Crippen LogP contribution in [-0.2, 0) is 11.3 Å². The van der Waals surface area contributed by atoms with Crippen molar-refractivity contribution in [2.24, 2.45) is 4.99 Å². The summed E-state index contributed by atoms with van der Waals surface area (Å²) in [6.45, 7) is 7.69. The first kappa shape index (κ1) is 16.5. The van der Waals surface area contributed by atoms with E-state index in [0.29, 0.717) is 18.3 Å². The Morgan fingerprint density at radius 1 is 1.57 bits per heavy atom. The minimum absolute atomic E-state index is 0.0868. The molecule has 0 saturated carbocycles. The van der Waals surface area contributed by atoms with Crippen molar-refractivity contribution in [1.29, 1.82) is 0 Å². The molecule has 1 rings (SSSR count). The molecule has 0 fully saturated rings. The van der Waals surface area contributed by atoms with Crippen LogP contribution in [0.25, 0.3) is 6.08 Å². The van der Waals surface area contributed by atoms with Crippen LogP contribution in [0.4, 0.5) is 0 Å². The van der Waals surface area contributed by atoms with E-state index in [1.54, 1.807) is 29.0 Å². The number of aromatic nitrogens is 2. The van der Waals surface area contributed by atoms with Gasteiger partial charge in [-0.15, -0.1) is 0 Å². The molecule has 6 nitrogen and oxygen atoms in total. The van der Waals surface area contributed by atoms with Crippen molar-refractivity contribution in [2.75, 3.05) is 6.61 Å². The zero-order chi connectivity index (χ0) is 15.5. The van der Waals surface area contributed by atoms with E-state index in [9.17, 15) is 5.11 Å². The van der Waals surface area contributed by atoms with Gasteiger partial charge in [0.15, 0.2) is 6.21 Å². The van der Waals surface area contributed by atoms with Crippen molar-refractivity contribution in [3.05, 3.63) is 55.8 Å². The highest BCUT2D eigenvalue weighted by Gasteiger charge is 2.13. The van der Waals surface area contributed by atoms with Crippen molar-refractivity contribution >= 4 is 18.2 Å². The Morgan fingerprint density at radius 3 is 3.05 bits per heavy atom. The molecular weight excluding hydrogens is 268 g/mol. The summed E-state index contributed by atoms with van der Waals surface area (Å²) in [5, 5.41) is 15.2. The van der Waals surface area contributed by atoms with Crippen LogP contribution in [-0.4, -0.2) is 34.9 Å². The molecular formula is C15H20N4O2+2. The van der Waals surface area contributed by atoms with Gasteiger partial charge in [0, 0.05) is 24.4 Å². The molecule has 3 N–H and O–H groups in total. The van der Waals surface area contributed by atoms with Crippen molar-refractivity contribution in [3.8, 4) is 0 Å². The summed E-state index contributed by atoms with van der Waals surface area (Å²) in [4.78, 5) is 8.12. The maximum atomic E-state index is 10.00. The quantitative estimate of drug-likeness (QED) is 0.377. The van der Waals surface area contributed by atoms with E-state index in [1.807, 2.05) is 6.20 Å². The number of aliphatic hydroxyl groups excluding tert-OH is 1. The fourth-order valence-electron chi connectivity index (χ4n) is 1.51. The zero-order valence-electron chi connectivity index (χ0n) is 11.8. The van der Waals surface area contributed by atoms with E-state index in [4.69, 9.17) is 10.1 Å². The molecule has 1 aromatic rings. The molecule has 1 unspecified atom stereocenters. The highest BCUT2D eigenvalue weighted by molar-refractivity contribution is 5.87. The third kappa shape index (κ3) is 5.92. The fourth-order valence-corrected chi connectivity index (χ4v) is 1.51. The van der Waals surface area contributed by atoms with Gasteiger partial charge in [-0.3, -0.25) is 5.41 Å². The van der Waals surface area contributed by atoms with E-state index in [-0.39, 0.29) is 6.61 Å². The SMILES string of the molecule is C=CC(=N/C=C\C=[NH2+])OCC(O)C[n+]1cccnc1C=C. The highest BCUT2D eigenvalue weighted by atomic mass is 16.5. The van der Waals surface area contributed by atoms with E-state index >= 15 is 0 Å². The second-order valence-corrected chi connectivity index (χ2v) is 4.00. The molecule has 0 bridgehead atoms. The van der Waals surface area contributed by atoms with Crippen LogP contribution in [0.1, 0.15) is 5.82 Å². The third-order valence-corrected chi connectivity index (χ3v) is 2.44. The molecule has 0 spiro atoms. The molecule has 1 atom stereocenters. The summed E-state index contributed by atoms with van der Waals surface area (Å²) >= 11 is 0. The predicted octanol–water partition coefficient (Wildman–Crippen LogP) is -0.682. The third-order valence-electron chi connectivity index (χ3n) is 2.44. The lowest BCUT2D eigenvalue weighted by Gasteiger charge is -2.11. The maximum absolute atomic E-state index is 10.00. The van der Waals surface area contributed by atoms with E-state index < -0.39 is 6.10 Å². The van der Waals surface area contributed by atoms with Gasteiger partial charge in [0.25, 0.3) is 0 Å². The van der Waals surface area contributed by atoms with E-state index in [2.05, 4.69) is 23.1 Å². The smallest absolute Gasteiger partial charge is 0.322 e. The van der Waals surface area contributed by atoms with Crippen LogP contribution in [0.2, 0.25) is 0 Å². The number of rotatable bonds is 8. The standard InChI is InChI=1S/C15H19N4O2/c1-3-14-17-9-6-10-19(14)11-13(20)12-21-15(4-2)18-8-5-7-16/h3-10,13,16,20H,1-2,11-12H2/q+1/p+1/b8-5-,16-7?,18-15?. The molecule has 1 heterocycles. The van der Waals surface area contributed by atoms with Gasteiger partial charge in [-0.25, -0.2) is 9.56 Å². The number of hydrogen-bond donors (Lipinski definition) is 2. The van der Waals surface area contributed by atoms with Crippen LogP contribution in [0.3, 0.4) is 0 Å². The van der Waals surface area contributed by atoms with Gasteiger partial charge in [0.05, 0.1) is 6.20 Å². The van der Waals surface area contributed by atoms with Crippen molar-refractivity contribution in [3.63, 3.8) is 0 Å². The molecule has 0 radical (unpaired) electrons. The minimum atomic E-state index is -0.715. The summed E-state index contributed by atoms with van der Waals surface area (Å²) in [5.41, 5.74) is 0. The lowest BCUT2D eigenvalue weighted by molar-refractivity contribution is -0.708. The lowest BCUT2D eigenvalue weighted by atomic mass is 10.3. The Hall–Kier alpha value is -2.60. The number of ether oxygens (including phenoxy) is 1. The summed E-state index contributed by atoms with van der Waals surface area (Å²) in [7, 11) is 0. The number of aliphatic imine (C=N–C) groups is 1. The molecule has 0 aromatic carbocycles. The second-order valence-electron chi connectivity index (χ2n) is 4.00. The Balaban J connectivity index is 2.57. The predicted molar refractivity (Wildman–Crippen MR) is 81.2 cm³/mol. The Kier molecular flexibility index (Phi) is 7.31. The Labute approximate surface area is 124 Å². The highest BCUT2D eigenvalue weighted by Crippen LogP contribution is 1.94. The van der Waals surface area contributed by atoms with Gasteiger partial charge < -0.3 is 9.84 Å². The molecule has 6 heteroatoms. The lowest BCUT2D eigenvalue weighted by Crippen LogP contribution is -2.44. The first-order valence-corrected chi connectivity index (χ1v) is 6.39. The monoisotopic (exact) mass is 288 g/mol. The average molecular weight is 288 g/mol. The van der Waals surface area contributed by atoms with Crippen LogP contribution in [0.5, 0.6) is 0 Å². The Bertz CT molecular complexity index is 552. The number of hydrogen-bond acceptors (Lipinski definition) is 4. The molecule has 0 saturated heterocycles. The van der Waals surface area contributed by atoms with Gasteiger partial charge in [-0.2, -0.15) is 0 Å². The van der Waals surface area contributed by atoms with Crippen molar-refractivity contribution in [2.45, 2.75) is 12.6 Å². The average Bonchev–Trinajstić information content (AvgIpc) is 2.51. The topological polar surface area (TPSA) is 84.2 Å². The second kappa shape index (κ2) is 9.33. The number of aliphatic hydroxyl groups is 1. The first-order valence-electron chi connectivity index (χ1n) is 6.39. The van der Waals surface area contributed by atoms with Gasteiger partial charge in [0.2, 0.25) is 5.90 Å².